The predicted molar refractivity (Wildman–Crippen MR) is 70.7 cm³/mol. The van der Waals surface area contributed by atoms with Gasteiger partial charge in [-0.15, -0.1) is 5.10 Å². The lowest BCUT2D eigenvalue weighted by molar-refractivity contribution is 0.373. The summed E-state index contributed by atoms with van der Waals surface area (Å²) < 4.78 is 1.85. The molecular weight excluding hydrogens is 224 g/mol. The second-order valence-corrected chi connectivity index (χ2v) is 4.91. The van der Waals surface area contributed by atoms with Crippen LogP contribution in [0, 0.1) is 5.92 Å². The lowest BCUT2D eigenvalue weighted by Crippen LogP contribution is -2.30. The molecule has 1 aliphatic rings. The van der Waals surface area contributed by atoms with E-state index in [0.717, 1.165) is 30.9 Å². The standard InChI is InChI=1S/C14H18N4/c1-2-6-14(7-3-1)18-11-13(16-17-18)9-12-5-4-8-15-10-12/h1-3,6-7,11-12,15H,4-5,8-10H2. The van der Waals surface area contributed by atoms with Crippen LogP contribution in [0.1, 0.15) is 18.5 Å². The molecule has 1 aromatic heterocycles. The quantitative estimate of drug-likeness (QED) is 0.892. The molecule has 0 aliphatic carbocycles. The number of nitrogens with zero attached hydrogens (tertiary/aromatic N) is 3. The van der Waals surface area contributed by atoms with Crippen LogP contribution in [-0.2, 0) is 6.42 Å². The van der Waals surface area contributed by atoms with Crippen molar-refractivity contribution in [3.63, 3.8) is 0 Å². The van der Waals surface area contributed by atoms with E-state index in [9.17, 15) is 0 Å². The number of hydrogen-bond donors (Lipinski definition) is 1. The van der Waals surface area contributed by atoms with Gasteiger partial charge in [-0.1, -0.05) is 23.4 Å². The van der Waals surface area contributed by atoms with E-state index < -0.39 is 0 Å². The summed E-state index contributed by atoms with van der Waals surface area (Å²) in [5.41, 5.74) is 2.16. The summed E-state index contributed by atoms with van der Waals surface area (Å²) in [6.07, 6.45) is 5.65. The molecule has 1 saturated heterocycles. The molecule has 4 heteroatoms. The number of hydrogen-bond acceptors (Lipinski definition) is 3. The zero-order valence-corrected chi connectivity index (χ0v) is 10.4. The Morgan fingerprint density at radius 1 is 1.28 bits per heavy atom. The van der Waals surface area contributed by atoms with Gasteiger partial charge in [-0.3, -0.25) is 0 Å². The van der Waals surface area contributed by atoms with Gasteiger partial charge >= 0.3 is 0 Å². The number of nitrogens with one attached hydrogen (secondary N) is 1. The van der Waals surface area contributed by atoms with Crippen LogP contribution < -0.4 is 5.32 Å². The lowest BCUT2D eigenvalue weighted by Gasteiger charge is -2.21. The molecule has 0 radical (unpaired) electrons. The molecule has 2 aromatic rings. The number of aromatic nitrogens is 3. The molecule has 3 rings (SSSR count). The number of para-hydroxylation sites is 1. The van der Waals surface area contributed by atoms with Gasteiger partial charge in [0.25, 0.3) is 0 Å². The second-order valence-electron chi connectivity index (χ2n) is 4.91. The van der Waals surface area contributed by atoms with Crippen molar-refractivity contribution >= 4 is 0 Å². The first kappa shape index (κ1) is 11.4. The van der Waals surface area contributed by atoms with Gasteiger partial charge in [-0.2, -0.15) is 0 Å². The van der Waals surface area contributed by atoms with E-state index in [1.165, 1.54) is 12.8 Å². The minimum atomic E-state index is 0.708. The molecule has 1 aliphatic heterocycles. The number of piperidine rings is 1. The predicted octanol–water partition coefficient (Wildman–Crippen LogP) is 1.81. The minimum absolute atomic E-state index is 0.708. The molecule has 1 fully saturated rings. The van der Waals surface area contributed by atoms with Crippen LogP contribution in [-0.4, -0.2) is 28.1 Å². The Kier molecular flexibility index (Phi) is 3.37. The highest BCUT2D eigenvalue weighted by Crippen LogP contribution is 2.15. The summed E-state index contributed by atoms with van der Waals surface area (Å²) in [6.45, 7) is 2.27. The molecule has 0 amide bonds. The Balaban J connectivity index is 1.69. The third kappa shape index (κ3) is 2.59. The van der Waals surface area contributed by atoms with E-state index in [-0.39, 0.29) is 0 Å². The van der Waals surface area contributed by atoms with Crippen LogP contribution in [0.4, 0.5) is 0 Å². The highest BCUT2D eigenvalue weighted by Gasteiger charge is 2.15. The van der Waals surface area contributed by atoms with Gasteiger partial charge in [0.15, 0.2) is 0 Å². The van der Waals surface area contributed by atoms with Gasteiger partial charge < -0.3 is 5.32 Å². The number of benzene rings is 1. The summed E-state index contributed by atoms with van der Waals surface area (Å²) in [7, 11) is 0. The SMILES string of the molecule is c1ccc(-n2cc(CC3CCCNC3)nn2)cc1. The van der Waals surface area contributed by atoms with E-state index in [0.29, 0.717) is 5.92 Å². The third-order valence-corrected chi connectivity index (χ3v) is 3.46. The highest BCUT2D eigenvalue weighted by atomic mass is 15.4. The fraction of sp³-hybridized carbons (Fsp3) is 0.429. The van der Waals surface area contributed by atoms with Crippen LogP contribution in [0.3, 0.4) is 0 Å². The largest absolute Gasteiger partial charge is 0.316 e. The first-order valence-corrected chi connectivity index (χ1v) is 6.59. The van der Waals surface area contributed by atoms with Crippen molar-refractivity contribution in [1.82, 2.24) is 20.3 Å². The summed E-state index contributed by atoms with van der Waals surface area (Å²) in [4.78, 5) is 0. The van der Waals surface area contributed by atoms with E-state index in [1.807, 2.05) is 41.2 Å². The van der Waals surface area contributed by atoms with Crippen LogP contribution >= 0.6 is 0 Å². The zero-order chi connectivity index (χ0) is 12.2. The summed E-state index contributed by atoms with van der Waals surface area (Å²) in [5, 5.41) is 11.9. The lowest BCUT2D eigenvalue weighted by atomic mass is 9.95. The zero-order valence-electron chi connectivity index (χ0n) is 10.4. The molecule has 1 unspecified atom stereocenters. The number of rotatable bonds is 3. The van der Waals surface area contributed by atoms with Crippen LogP contribution in [0.15, 0.2) is 36.5 Å². The van der Waals surface area contributed by atoms with Gasteiger partial charge in [0, 0.05) is 0 Å². The highest BCUT2D eigenvalue weighted by molar-refractivity contribution is 5.29. The molecule has 1 aromatic carbocycles. The van der Waals surface area contributed by atoms with E-state index in [2.05, 4.69) is 15.6 Å². The van der Waals surface area contributed by atoms with E-state index in [4.69, 9.17) is 0 Å². The van der Waals surface area contributed by atoms with Gasteiger partial charge in [0.2, 0.25) is 0 Å². The molecule has 0 bridgehead atoms. The van der Waals surface area contributed by atoms with Gasteiger partial charge in [0.1, 0.15) is 0 Å². The maximum absolute atomic E-state index is 4.27. The Morgan fingerprint density at radius 3 is 2.94 bits per heavy atom. The van der Waals surface area contributed by atoms with E-state index >= 15 is 0 Å². The van der Waals surface area contributed by atoms with E-state index in [1.54, 1.807) is 0 Å². The van der Waals surface area contributed by atoms with Crippen molar-refractivity contribution in [2.45, 2.75) is 19.3 Å². The first-order valence-electron chi connectivity index (χ1n) is 6.59. The topological polar surface area (TPSA) is 42.7 Å². The molecule has 94 valence electrons. The van der Waals surface area contributed by atoms with Crippen molar-refractivity contribution < 1.29 is 0 Å². The molecule has 1 N–H and O–H groups in total. The summed E-state index contributed by atoms with van der Waals surface area (Å²) in [5.74, 6) is 0.708. The van der Waals surface area contributed by atoms with Crippen molar-refractivity contribution in [3.05, 3.63) is 42.2 Å². The molecular formula is C14H18N4. The smallest absolute Gasteiger partial charge is 0.0835 e. The van der Waals surface area contributed by atoms with Gasteiger partial charge in [-0.25, -0.2) is 4.68 Å². The molecule has 0 saturated carbocycles. The molecule has 4 nitrogen and oxygen atoms in total. The van der Waals surface area contributed by atoms with Crippen molar-refractivity contribution in [2.75, 3.05) is 13.1 Å². The Morgan fingerprint density at radius 2 is 2.17 bits per heavy atom. The fourth-order valence-electron chi connectivity index (χ4n) is 2.49. The van der Waals surface area contributed by atoms with Crippen molar-refractivity contribution in [3.8, 4) is 5.69 Å². The van der Waals surface area contributed by atoms with Gasteiger partial charge in [0.05, 0.1) is 17.6 Å². The summed E-state index contributed by atoms with van der Waals surface area (Å²) in [6, 6.07) is 10.1. The summed E-state index contributed by atoms with van der Waals surface area (Å²) >= 11 is 0. The van der Waals surface area contributed by atoms with Crippen molar-refractivity contribution in [2.24, 2.45) is 5.92 Å². The molecule has 0 spiro atoms. The molecule has 1 atom stereocenters. The van der Waals surface area contributed by atoms with Crippen LogP contribution in [0.2, 0.25) is 0 Å². The first-order chi connectivity index (χ1) is 8.92. The normalized spacial score (nSPS) is 19.9. The fourth-order valence-corrected chi connectivity index (χ4v) is 2.49. The van der Waals surface area contributed by atoms with Crippen LogP contribution in [0.5, 0.6) is 0 Å². The monoisotopic (exact) mass is 242 g/mol. The minimum Gasteiger partial charge on any atom is -0.316 e. The molecule has 2 heterocycles. The molecule has 18 heavy (non-hydrogen) atoms. The van der Waals surface area contributed by atoms with Gasteiger partial charge in [-0.05, 0) is 50.4 Å². The Bertz CT molecular complexity index is 486. The average Bonchev–Trinajstić information content (AvgIpc) is 2.89. The maximum atomic E-state index is 4.27. The Hall–Kier alpha value is -1.68. The average molecular weight is 242 g/mol. The Labute approximate surface area is 107 Å². The van der Waals surface area contributed by atoms with Crippen molar-refractivity contribution in [1.29, 1.82) is 0 Å². The maximum Gasteiger partial charge on any atom is 0.0835 e. The van der Waals surface area contributed by atoms with Crippen LogP contribution in [0.25, 0.3) is 5.69 Å². The third-order valence-electron chi connectivity index (χ3n) is 3.46. The second kappa shape index (κ2) is 5.31.